The van der Waals surface area contributed by atoms with Crippen LogP contribution in [0, 0.1) is 23.7 Å². The molecule has 1 saturated carbocycles. The van der Waals surface area contributed by atoms with Gasteiger partial charge < -0.3 is 15.0 Å². The molecule has 2 aliphatic heterocycles. The molecule has 3 atom stereocenters. The normalized spacial score (nSPS) is 30.9. The van der Waals surface area contributed by atoms with Crippen molar-refractivity contribution in [1.82, 2.24) is 15.2 Å². The molecule has 3 aliphatic rings. The van der Waals surface area contributed by atoms with Crippen molar-refractivity contribution in [2.45, 2.75) is 19.4 Å². The first kappa shape index (κ1) is 15.1. The van der Waals surface area contributed by atoms with E-state index in [1.807, 2.05) is 18.2 Å². The molecule has 4 rings (SSSR count). The number of nitrogens with one attached hydrogen (secondary N) is 1. The van der Waals surface area contributed by atoms with E-state index in [1.54, 1.807) is 6.20 Å². The van der Waals surface area contributed by atoms with Gasteiger partial charge in [-0.3, -0.25) is 9.78 Å². The molecule has 0 aromatic carbocycles. The molecule has 1 aromatic heterocycles. The van der Waals surface area contributed by atoms with Gasteiger partial charge in [0.25, 0.3) is 0 Å². The van der Waals surface area contributed by atoms with Crippen LogP contribution in [-0.4, -0.2) is 48.6 Å². The predicted molar refractivity (Wildman–Crippen MR) is 86.5 cm³/mol. The summed E-state index contributed by atoms with van der Waals surface area (Å²) in [4.78, 5) is 19.4. The van der Waals surface area contributed by atoms with Gasteiger partial charge in [-0.15, -0.1) is 0 Å². The molecule has 1 aliphatic carbocycles. The number of aromatic nitrogens is 1. The van der Waals surface area contributed by atoms with Crippen LogP contribution in [-0.2, 0) is 16.1 Å². The Labute approximate surface area is 137 Å². The van der Waals surface area contributed by atoms with Gasteiger partial charge in [0, 0.05) is 25.8 Å². The molecule has 3 fully saturated rings. The van der Waals surface area contributed by atoms with E-state index in [2.05, 4.69) is 15.2 Å². The molecule has 3 heterocycles. The molecular formula is C18H25N3O2. The second-order valence-electron chi connectivity index (χ2n) is 7.27. The van der Waals surface area contributed by atoms with Crippen LogP contribution in [0.5, 0.6) is 0 Å². The van der Waals surface area contributed by atoms with E-state index >= 15 is 0 Å². The number of pyridine rings is 1. The molecule has 0 bridgehead atoms. The fourth-order valence-corrected chi connectivity index (χ4v) is 3.99. The van der Waals surface area contributed by atoms with E-state index < -0.39 is 0 Å². The first-order valence-corrected chi connectivity index (χ1v) is 8.77. The van der Waals surface area contributed by atoms with Crippen LogP contribution in [0.4, 0.5) is 0 Å². The Morgan fingerprint density at radius 1 is 1.30 bits per heavy atom. The first-order chi connectivity index (χ1) is 11.3. The molecule has 2 saturated heterocycles. The van der Waals surface area contributed by atoms with Crippen LogP contribution in [0.1, 0.15) is 18.5 Å². The van der Waals surface area contributed by atoms with Crippen molar-refractivity contribution in [1.29, 1.82) is 0 Å². The van der Waals surface area contributed by atoms with Crippen LogP contribution >= 0.6 is 0 Å². The van der Waals surface area contributed by atoms with Gasteiger partial charge in [-0.2, -0.15) is 0 Å². The number of carbonyl (C=O) groups excluding carboxylic acids is 1. The zero-order valence-corrected chi connectivity index (χ0v) is 13.5. The highest BCUT2D eigenvalue weighted by Crippen LogP contribution is 2.37. The summed E-state index contributed by atoms with van der Waals surface area (Å²) < 4.78 is 5.74. The Balaban J connectivity index is 1.34. The summed E-state index contributed by atoms with van der Waals surface area (Å²) in [5.41, 5.74) is 0.899. The maximum Gasteiger partial charge on any atom is 0.226 e. The molecule has 0 unspecified atom stereocenters. The van der Waals surface area contributed by atoms with E-state index in [4.69, 9.17) is 4.74 Å². The van der Waals surface area contributed by atoms with Gasteiger partial charge in [-0.25, -0.2) is 0 Å². The van der Waals surface area contributed by atoms with Gasteiger partial charge in [0.1, 0.15) is 0 Å². The van der Waals surface area contributed by atoms with Crippen molar-refractivity contribution >= 4 is 5.91 Å². The van der Waals surface area contributed by atoms with E-state index in [0.717, 1.165) is 31.3 Å². The summed E-state index contributed by atoms with van der Waals surface area (Å²) in [6.45, 7) is 5.26. The first-order valence-electron chi connectivity index (χ1n) is 8.77. The largest absolute Gasteiger partial charge is 0.380 e. The highest BCUT2D eigenvalue weighted by molar-refractivity contribution is 5.79. The summed E-state index contributed by atoms with van der Waals surface area (Å²) in [5.74, 6) is 1.99. The quantitative estimate of drug-likeness (QED) is 0.890. The van der Waals surface area contributed by atoms with Gasteiger partial charge >= 0.3 is 0 Å². The third kappa shape index (κ3) is 3.56. The minimum Gasteiger partial charge on any atom is -0.380 e. The highest BCUT2D eigenvalue weighted by Gasteiger charge is 2.44. The number of nitrogens with zero attached hydrogens (tertiary/aromatic N) is 2. The van der Waals surface area contributed by atoms with Crippen molar-refractivity contribution in [2.75, 3.05) is 32.8 Å². The second-order valence-corrected chi connectivity index (χ2v) is 7.27. The third-order valence-electron chi connectivity index (χ3n) is 5.43. The average molecular weight is 315 g/mol. The Hall–Kier alpha value is -1.46. The molecule has 1 aromatic rings. The molecule has 124 valence electrons. The van der Waals surface area contributed by atoms with Crippen LogP contribution < -0.4 is 5.32 Å². The third-order valence-corrected chi connectivity index (χ3v) is 5.43. The maximum absolute atomic E-state index is 12.6. The lowest BCUT2D eigenvalue weighted by Gasteiger charge is -2.32. The van der Waals surface area contributed by atoms with E-state index in [0.29, 0.717) is 25.0 Å². The average Bonchev–Trinajstić information content (AvgIpc) is 3.29. The molecule has 23 heavy (non-hydrogen) atoms. The Morgan fingerprint density at radius 3 is 3.00 bits per heavy atom. The molecule has 5 heteroatoms. The van der Waals surface area contributed by atoms with Gasteiger partial charge in [0.2, 0.25) is 5.91 Å². The SMILES string of the molecule is O=C(NCc1ccccn1)[C@@H]1COC[C@@H]2CN(CC3CC3)C[C@@H]21. The Kier molecular flexibility index (Phi) is 4.31. The van der Waals surface area contributed by atoms with Crippen molar-refractivity contribution in [3.05, 3.63) is 30.1 Å². The Bertz CT molecular complexity index is 546. The number of likely N-dealkylation sites (tertiary alicyclic amines) is 1. The monoisotopic (exact) mass is 315 g/mol. The second kappa shape index (κ2) is 6.57. The lowest BCUT2D eigenvalue weighted by molar-refractivity contribution is -0.133. The number of fused-ring (bicyclic) bond motifs is 1. The van der Waals surface area contributed by atoms with Crippen LogP contribution in [0.3, 0.4) is 0 Å². The molecule has 1 N–H and O–H groups in total. The number of hydrogen-bond donors (Lipinski definition) is 1. The maximum atomic E-state index is 12.6. The molecule has 1 amide bonds. The fraction of sp³-hybridized carbons (Fsp3) is 0.667. The predicted octanol–water partition coefficient (Wildman–Crippen LogP) is 1.30. The van der Waals surface area contributed by atoms with E-state index in [-0.39, 0.29) is 11.8 Å². The molecular weight excluding hydrogens is 290 g/mol. The number of amides is 1. The van der Waals surface area contributed by atoms with E-state index in [9.17, 15) is 4.79 Å². The van der Waals surface area contributed by atoms with Gasteiger partial charge in [0.05, 0.1) is 31.4 Å². The molecule has 0 radical (unpaired) electrons. The smallest absolute Gasteiger partial charge is 0.226 e. The summed E-state index contributed by atoms with van der Waals surface area (Å²) in [6.07, 6.45) is 4.53. The van der Waals surface area contributed by atoms with Crippen molar-refractivity contribution in [2.24, 2.45) is 23.7 Å². The minimum absolute atomic E-state index is 0.0123. The number of hydrogen-bond acceptors (Lipinski definition) is 4. The molecule has 0 spiro atoms. The number of rotatable bonds is 5. The summed E-state index contributed by atoms with van der Waals surface area (Å²) >= 11 is 0. The fourth-order valence-electron chi connectivity index (χ4n) is 3.99. The number of ether oxygens (including phenoxy) is 1. The van der Waals surface area contributed by atoms with Crippen LogP contribution in [0.25, 0.3) is 0 Å². The lowest BCUT2D eigenvalue weighted by atomic mass is 9.82. The van der Waals surface area contributed by atoms with Gasteiger partial charge in [-0.05, 0) is 42.7 Å². The minimum atomic E-state index is -0.0123. The van der Waals surface area contributed by atoms with Crippen molar-refractivity contribution < 1.29 is 9.53 Å². The lowest BCUT2D eigenvalue weighted by Crippen LogP contribution is -2.44. The summed E-state index contributed by atoms with van der Waals surface area (Å²) in [6, 6.07) is 5.77. The zero-order valence-electron chi connectivity index (χ0n) is 13.5. The zero-order chi connectivity index (χ0) is 15.6. The standard InChI is InChI=1S/C18H25N3O2/c22-18(20-7-15-3-1-2-6-19-15)17-12-23-11-14-9-21(10-16(14)17)8-13-4-5-13/h1-3,6,13-14,16-17H,4-5,7-12H2,(H,20,22)/t14-,16-,17+/m0/s1. The summed E-state index contributed by atoms with van der Waals surface area (Å²) in [5, 5.41) is 3.05. The molecule has 5 nitrogen and oxygen atoms in total. The van der Waals surface area contributed by atoms with E-state index in [1.165, 1.54) is 19.4 Å². The van der Waals surface area contributed by atoms with Crippen LogP contribution in [0.15, 0.2) is 24.4 Å². The highest BCUT2D eigenvalue weighted by atomic mass is 16.5. The Morgan fingerprint density at radius 2 is 2.22 bits per heavy atom. The van der Waals surface area contributed by atoms with Gasteiger partial charge in [0.15, 0.2) is 0 Å². The van der Waals surface area contributed by atoms with Crippen molar-refractivity contribution in [3.63, 3.8) is 0 Å². The van der Waals surface area contributed by atoms with Crippen LogP contribution in [0.2, 0.25) is 0 Å². The summed E-state index contributed by atoms with van der Waals surface area (Å²) in [7, 11) is 0. The van der Waals surface area contributed by atoms with Crippen molar-refractivity contribution in [3.8, 4) is 0 Å². The topological polar surface area (TPSA) is 54.5 Å². The van der Waals surface area contributed by atoms with Gasteiger partial charge in [-0.1, -0.05) is 6.07 Å². The number of carbonyl (C=O) groups is 1.